The molecule has 5 heteroatoms. The third kappa shape index (κ3) is 5.36. The van der Waals surface area contributed by atoms with E-state index >= 15 is 0 Å². The van der Waals surface area contributed by atoms with Gasteiger partial charge in [0, 0.05) is 12.1 Å². The van der Waals surface area contributed by atoms with Crippen molar-refractivity contribution in [3.63, 3.8) is 0 Å². The van der Waals surface area contributed by atoms with Crippen molar-refractivity contribution in [2.75, 3.05) is 11.9 Å². The summed E-state index contributed by atoms with van der Waals surface area (Å²) in [6.45, 7) is 6.28. The second-order valence-electron chi connectivity index (χ2n) is 6.37. The van der Waals surface area contributed by atoms with Crippen molar-refractivity contribution in [3.05, 3.63) is 65.2 Å². The Bertz CT molecular complexity index is 714. The second-order valence-corrected chi connectivity index (χ2v) is 6.37. The van der Waals surface area contributed by atoms with Gasteiger partial charge in [0.15, 0.2) is 0 Å². The second kappa shape index (κ2) is 8.72. The summed E-state index contributed by atoms with van der Waals surface area (Å²) in [7, 11) is 0. The lowest BCUT2D eigenvalue weighted by Crippen LogP contribution is -2.33. The lowest BCUT2D eigenvalue weighted by atomic mass is 9.95. The molecule has 3 nitrogen and oxygen atoms in total. The number of carbonyl (C=O) groups is 1. The molecular weight excluding hydrogens is 322 g/mol. The quantitative estimate of drug-likeness (QED) is 0.777. The fraction of sp³-hybridized carbons (Fsp3) is 0.350. The van der Waals surface area contributed by atoms with Gasteiger partial charge in [0.2, 0.25) is 5.91 Å². The Kier molecular flexibility index (Phi) is 6.65. The number of nitrogens with one attached hydrogen (secondary N) is 2. The molecule has 0 aliphatic heterocycles. The van der Waals surface area contributed by atoms with Crippen LogP contribution in [0.2, 0.25) is 0 Å². The molecule has 2 aromatic carbocycles. The molecule has 0 bridgehead atoms. The van der Waals surface area contributed by atoms with Crippen LogP contribution in [0.3, 0.4) is 0 Å². The fourth-order valence-corrected chi connectivity index (χ4v) is 2.69. The number of aryl methyl sites for hydroxylation is 1. The Morgan fingerprint density at radius 1 is 1.08 bits per heavy atom. The summed E-state index contributed by atoms with van der Waals surface area (Å²) in [5.74, 6) is -1.56. The number of amides is 1. The highest BCUT2D eigenvalue weighted by atomic mass is 19.1. The number of anilines is 1. The van der Waals surface area contributed by atoms with Crippen molar-refractivity contribution in [2.45, 2.75) is 33.2 Å². The van der Waals surface area contributed by atoms with Crippen molar-refractivity contribution < 1.29 is 13.6 Å². The van der Waals surface area contributed by atoms with Crippen LogP contribution in [0, 0.1) is 17.6 Å². The lowest BCUT2D eigenvalue weighted by molar-refractivity contribution is -0.115. The monoisotopic (exact) mass is 346 g/mol. The zero-order valence-electron chi connectivity index (χ0n) is 14.8. The van der Waals surface area contributed by atoms with Gasteiger partial charge in [-0.1, -0.05) is 45.0 Å². The van der Waals surface area contributed by atoms with Gasteiger partial charge in [-0.25, -0.2) is 8.78 Å². The Balaban J connectivity index is 1.99. The van der Waals surface area contributed by atoms with Gasteiger partial charge in [0.1, 0.15) is 11.6 Å². The largest absolute Gasteiger partial charge is 0.322 e. The van der Waals surface area contributed by atoms with Gasteiger partial charge < -0.3 is 10.6 Å². The predicted octanol–water partition coefficient (Wildman–Crippen LogP) is 4.45. The molecule has 2 N–H and O–H groups in total. The molecule has 0 saturated heterocycles. The Hall–Kier alpha value is -2.27. The lowest BCUT2D eigenvalue weighted by Gasteiger charge is -2.23. The smallest absolute Gasteiger partial charge is 0.238 e. The normalized spacial score (nSPS) is 12.2. The van der Waals surface area contributed by atoms with E-state index in [9.17, 15) is 13.6 Å². The molecule has 1 amide bonds. The van der Waals surface area contributed by atoms with Gasteiger partial charge in [-0.2, -0.15) is 0 Å². The van der Waals surface area contributed by atoms with Crippen molar-refractivity contribution in [1.82, 2.24) is 5.32 Å². The first-order chi connectivity index (χ1) is 11.9. The number of hydrogen-bond acceptors (Lipinski definition) is 2. The van der Waals surface area contributed by atoms with Gasteiger partial charge in [-0.3, -0.25) is 4.79 Å². The molecule has 2 aromatic rings. The van der Waals surface area contributed by atoms with Crippen LogP contribution < -0.4 is 10.6 Å². The van der Waals surface area contributed by atoms with E-state index in [1.165, 1.54) is 11.6 Å². The molecule has 134 valence electrons. The number of benzene rings is 2. The van der Waals surface area contributed by atoms with E-state index in [-0.39, 0.29) is 30.1 Å². The summed E-state index contributed by atoms with van der Waals surface area (Å²) in [5.41, 5.74) is 2.34. The summed E-state index contributed by atoms with van der Waals surface area (Å²) < 4.78 is 26.5. The van der Waals surface area contributed by atoms with E-state index in [1.54, 1.807) is 0 Å². The zero-order chi connectivity index (χ0) is 18.4. The number of rotatable bonds is 7. The Labute approximate surface area is 147 Å². The molecule has 0 heterocycles. The average Bonchev–Trinajstić information content (AvgIpc) is 2.58. The maximum Gasteiger partial charge on any atom is 0.238 e. The fourth-order valence-electron chi connectivity index (χ4n) is 2.69. The highest BCUT2D eigenvalue weighted by Gasteiger charge is 2.17. The number of hydrogen-bond donors (Lipinski definition) is 2. The molecule has 25 heavy (non-hydrogen) atoms. The van der Waals surface area contributed by atoms with Crippen LogP contribution in [0.15, 0.2) is 42.5 Å². The topological polar surface area (TPSA) is 41.1 Å². The predicted molar refractivity (Wildman–Crippen MR) is 96.4 cm³/mol. The Morgan fingerprint density at radius 2 is 1.76 bits per heavy atom. The minimum Gasteiger partial charge on any atom is -0.322 e. The minimum atomic E-state index is -0.788. The highest BCUT2D eigenvalue weighted by Crippen LogP contribution is 2.22. The molecule has 0 radical (unpaired) electrons. The van der Waals surface area contributed by atoms with Crippen LogP contribution in [0.1, 0.15) is 37.9 Å². The highest BCUT2D eigenvalue weighted by molar-refractivity contribution is 5.92. The summed E-state index contributed by atoms with van der Waals surface area (Å²) in [6, 6.07) is 11.4. The van der Waals surface area contributed by atoms with E-state index in [0.29, 0.717) is 0 Å². The van der Waals surface area contributed by atoms with Gasteiger partial charge in [0.25, 0.3) is 0 Å². The Morgan fingerprint density at radius 3 is 2.32 bits per heavy atom. The van der Waals surface area contributed by atoms with Crippen LogP contribution in [-0.4, -0.2) is 12.5 Å². The molecule has 0 aliphatic carbocycles. The van der Waals surface area contributed by atoms with E-state index in [2.05, 4.69) is 55.7 Å². The van der Waals surface area contributed by atoms with Gasteiger partial charge in [-0.15, -0.1) is 0 Å². The summed E-state index contributed by atoms with van der Waals surface area (Å²) in [6.07, 6.45) is 0.978. The molecule has 0 spiro atoms. The van der Waals surface area contributed by atoms with Crippen LogP contribution in [-0.2, 0) is 11.2 Å². The van der Waals surface area contributed by atoms with Gasteiger partial charge in [0.05, 0.1) is 12.2 Å². The van der Waals surface area contributed by atoms with Crippen LogP contribution in [0.4, 0.5) is 14.5 Å². The molecule has 0 unspecified atom stereocenters. The maximum atomic E-state index is 13.6. The van der Waals surface area contributed by atoms with E-state index in [0.717, 1.165) is 24.1 Å². The summed E-state index contributed by atoms with van der Waals surface area (Å²) in [5, 5.41) is 5.67. The van der Waals surface area contributed by atoms with Crippen LogP contribution in [0.5, 0.6) is 0 Å². The third-order valence-corrected chi connectivity index (χ3v) is 4.10. The zero-order valence-corrected chi connectivity index (χ0v) is 14.8. The first-order valence-electron chi connectivity index (χ1n) is 8.47. The van der Waals surface area contributed by atoms with Crippen molar-refractivity contribution in [3.8, 4) is 0 Å². The van der Waals surface area contributed by atoms with Crippen LogP contribution >= 0.6 is 0 Å². The maximum absolute atomic E-state index is 13.6. The minimum absolute atomic E-state index is 0.00900. The van der Waals surface area contributed by atoms with Crippen molar-refractivity contribution in [1.29, 1.82) is 0 Å². The van der Waals surface area contributed by atoms with Gasteiger partial charge >= 0.3 is 0 Å². The van der Waals surface area contributed by atoms with E-state index < -0.39 is 11.6 Å². The molecule has 0 aliphatic rings. The summed E-state index contributed by atoms with van der Waals surface area (Å²) >= 11 is 0. The number of carbonyl (C=O) groups excluding carboxylic acids is 1. The average molecular weight is 346 g/mol. The van der Waals surface area contributed by atoms with Crippen LogP contribution in [0.25, 0.3) is 0 Å². The van der Waals surface area contributed by atoms with E-state index in [1.807, 2.05) is 0 Å². The van der Waals surface area contributed by atoms with Crippen molar-refractivity contribution >= 4 is 11.6 Å². The first kappa shape index (κ1) is 19.1. The SMILES string of the molecule is CCc1ccc([C@H](NCC(=O)Nc2ccc(F)cc2F)C(C)C)cc1. The molecule has 0 fully saturated rings. The van der Waals surface area contributed by atoms with Gasteiger partial charge in [-0.05, 0) is 35.6 Å². The number of halogens is 2. The molecule has 0 saturated carbocycles. The molecule has 1 atom stereocenters. The molecule has 2 rings (SSSR count). The van der Waals surface area contributed by atoms with Crippen molar-refractivity contribution in [2.24, 2.45) is 5.92 Å². The molecule has 0 aromatic heterocycles. The third-order valence-electron chi connectivity index (χ3n) is 4.10. The summed E-state index contributed by atoms with van der Waals surface area (Å²) in [4.78, 5) is 12.1. The molecular formula is C20H24F2N2O. The first-order valence-corrected chi connectivity index (χ1v) is 8.47. The standard InChI is InChI=1S/C20H24F2N2O/c1-4-14-5-7-15(8-6-14)20(13(2)3)23-12-19(25)24-18-10-9-16(21)11-17(18)22/h5-11,13,20,23H,4,12H2,1-3H3,(H,24,25)/t20-/m1/s1. The van der Waals surface area contributed by atoms with E-state index in [4.69, 9.17) is 0 Å².